The molecule has 0 aliphatic carbocycles. The Bertz CT molecular complexity index is 432. The second-order valence-corrected chi connectivity index (χ2v) is 3.56. The average Bonchev–Trinajstić information content (AvgIpc) is 2.22. The van der Waals surface area contributed by atoms with E-state index in [4.69, 9.17) is 11.6 Å². The smallest absolute Gasteiger partial charge is 0.271 e. The predicted molar refractivity (Wildman–Crippen MR) is 61.8 cm³/mol. The number of halogens is 1. The molecule has 0 unspecified atom stereocenters. The van der Waals surface area contributed by atoms with Crippen LogP contribution in [0.15, 0.2) is 11.1 Å². The number of likely N-dealkylation sites (N-methyl/N-ethyl adjacent to an activating group) is 2. The van der Waals surface area contributed by atoms with E-state index >= 15 is 0 Å². The third-order valence-corrected chi connectivity index (χ3v) is 2.24. The molecular formula is C9H13ClN4O2. The van der Waals surface area contributed by atoms with Gasteiger partial charge in [0, 0.05) is 13.6 Å². The number of anilines is 1. The van der Waals surface area contributed by atoms with Crippen LogP contribution in [0.4, 0.5) is 5.82 Å². The molecule has 1 heterocycles. The molecule has 1 rings (SSSR count). The molecule has 88 valence electrons. The lowest BCUT2D eigenvalue weighted by atomic mass is 10.4. The van der Waals surface area contributed by atoms with Crippen molar-refractivity contribution in [3.05, 3.63) is 21.7 Å². The highest BCUT2D eigenvalue weighted by Gasteiger charge is 2.13. The fourth-order valence-electron chi connectivity index (χ4n) is 1.18. The largest absolute Gasteiger partial charge is 0.355 e. The highest BCUT2D eigenvalue weighted by molar-refractivity contribution is 6.32. The fourth-order valence-corrected chi connectivity index (χ4v) is 1.43. The number of nitrogens with zero attached hydrogens (tertiary/aromatic N) is 2. The Balaban J connectivity index is 2.81. The van der Waals surface area contributed by atoms with Crippen molar-refractivity contribution in [2.24, 2.45) is 0 Å². The van der Waals surface area contributed by atoms with Crippen LogP contribution in [0.3, 0.4) is 0 Å². The molecule has 0 atom stereocenters. The Kier molecular flexibility index (Phi) is 4.30. The summed E-state index contributed by atoms with van der Waals surface area (Å²) in [5.74, 6) is 0.139. The number of nitrogens with one attached hydrogen (secondary N) is 2. The summed E-state index contributed by atoms with van der Waals surface area (Å²) in [6.45, 7) is 2.49. The SMILES string of the molecule is CCNC(=O)CN(C)c1nc[nH]c(=O)c1Cl. The van der Waals surface area contributed by atoms with Crippen molar-refractivity contribution in [2.45, 2.75) is 6.92 Å². The van der Waals surface area contributed by atoms with Crippen molar-refractivity contribution < 1.29 is 4.79 Å². The van der Waals surface area contributed by atoms with Crippen LogP contribution in [0.25, 0.3) is 0 Å². The standard InChI is InChI=1S/C9H13ClN4O2/c1-3-11-6(15)4-14(2)8-7(10)9(16)13-5-12-8/h5H,3-4H2,1-2H3,(H,11,15)(H,12,13,16). The summed E-state index contributed by atoms with van der Waals surface area (Å²) < 4.78 is 0. The van der Waals surface area contributed by atoms with Gasteiger partial charge in [0.15, 0.2) is 5.82 Å². The summed E-state index contributed by atoms with van der Waals surface area (Å²) in [7, 11) is 1.64. The number of H-pyrrole nitrogens is 1. The number of hydrogen-bond donors (Lipinski definition) is 2. The summed E-state index contributed by atoms with van der Waals surface area (Å²) in [6.07, 6.45) is 1.25. The van der Waals surface area contributed by atoms with Crippen molar-refractivity contribution in [3.63, 3.8) is 0 Å². The summed E-state index contributed by atoms with van der Waals surface area (Å²) in [6, 6.07) is 0. The van der Waals surface area contributed by atoms with Crippen LogP contribution >= 0.6 is 11.6 Å². The van der Waals surface area contributed by atoms with Crippen molar-refractivity contribution in [3.8, 4) is 0 Å². The first kappa shape index (κ1) is 12.5. The minimum Gasteiger partial charge on any atom is -0.355 e. The number of carbonyl (C=O) groups excluding carboxylic acids is 1. The maximum absolute atomic E-state index is 11.3. The minimum absolute atomic E-state index is 0.0192. The molecule has 0 bridgehead atoms. The molecule has 0 spiro atoms. The van der Waals surface area contributed by atoms with Crippen LogP contribution in [-0.2, 0) is 4.79 Å². The van der Waals surface area contributed by atoms with E-state index in [9.17, 15) is 9.59 Å². The van der Waals surface area contributed by atoms with Crippen LogP contribution in [0.1, 0.15) is 6.92 Å². The molecule has 7 heteroatoms. The van der Waals surface area contributed by atoms with Gasteiger partial charge in [-0.2, -0.15) is 0 Å². The van der Waals surface area contributed by atoms with Crippen molar-refractivity contribution >= 4 is 23.3 Å². The van der Waals surface area contributed by atoms with Gasteiger partial charge in [0.05, 0.1) is 12.9 Å². The van der Waals surface area contributed by atoms with Crippen molar-refractivity contribution in [2.75, 3.05) is 25.0 Å². The Morgan fingerprint density at radius 1 is 1.69 bits per heavy atom. The Morgan fingerprint density at radius 2 is 2.38 bits per heavy atom. The normalized spacial score (nSPS) is 9.94. The number of hydrogen-bond acceptors (Lipinski definition) is 4. The van der Waals surface area contributed by atoms with E-state index in [1.165, 1.54) is 11.2 Å². The van der Waals surface area contributed by atoms with Crippen LogP contribution in [0, 0.1) is 0 Å². The quantitative estimate of drug-likeness (QED) is 0.781. The summed E-state index contributed by atoms with van der Waals surface area (Å²) in [4.78, 5) is 30.3. The average molecular weight is 245 g/mol. The first-order chi connectivity index (χ1) is 7.56. The second kappa shape index (κ2) is 5.50. The predicted octanol–water partition coefficient (Wildman–Crippen LogP) is -0.00440. The van der Waals surface area contributed by atoms with E-state index in [0.717, 1.165) is 0 Å². The van der Waals surface area contributed by atoms with Crippen LogP contribution in [0.5, 0.6) is 0 Å². The molecule has 0 saturated carbocycles. The highest BCUT2D eigenvalue weighted by atomic mass is 35.5. The second-order valence-electron chi connectivity index (χ2n) is 3.18. The lowest BCUT2D eigenvalue weighted by molar-refractivity contribution is -0.119. The fraction of sp³-hybridized carbons (Fsp3) is 0.444. The zero-order valence-corrected chi connectivity index (χ0v) is 9.84. The number of carbonyl (C=O) groups is 1. The Labute approximate surface area is 97.6 Å². The molecule has 0 saturated heterocycles. The van der Waals surface area contributed by atoms with Gasteiger partial charge in [-0.25, -0.2) is 4.98 Å². The molecule has 0 aromatic carbocycles. The molecule has 0 radical (unpaired) electrons. The first-order valence-corrected chi connectivity index (χ1v) is 5.15. The molecular weight excluding hydrogens is 232 g/mol. The van der Waals surface area contributed by atoms with Gasteiger partial charge in [0.2, 0.25) is 5.91 Å². The maximum Gasteiger partial charge on any atom is 0.271 e. The van der Waals surface area contributed by atoms with Crippen LogP contribution in [-0.4, -0.2) is 36.0 Å². The van der Waals surface area contributed by atoms with Gasteiger partial charge in [-0.15, -0.1) is 0 Å². The lowest BCUT2D eigenvalue weighted by Gasteiger charge is -2.17. The van der Waals surface area contributed by atoms with Gasteiger partial charge in [-0.1, -0.05) is 11.6 Å². The number of aromatic amines is 1. The maximum atomic E-state index is 11.3. The van der Waals surface area contributed by atoms with E-state index in [1.54, 1.807) is 7.05 Å². The van der Waals surface area contributed by atoms with Gasteiger partial charge in [-0.05, 0) is 6.92 Å². The molecule has 1 amide bonds. The third kappa shape index (κ3) is 2.96. The molecule has 0 aliphatic rings. The van der Waals surface area contributed by atoms with Crippen LogP contribution in [0.2, 0.25) is 5.02 Å². The molecule has 0 fully saturated rings. The molecule has 1 aromatic heterocycles. The van der Waals surface area contributed by atoms with E-state index in [2.05, 4.69) is 15.3 Å². The summed E-state index contributed by atoms with van der Waals surface area (Å²) >= 11 is 5.77. The number of aromatic nitrogens is 2. The number of rotatable bonds is 4. The monoisotopic (exact) mass is 244 g/mol. The van der Waals surface area contributed by atoms with Crippen LogP contribution < -0.4 is 15.8 Å². The zero-order chi connectivity index (χ0) is 12.1. The minimum atomic E-state index is -0.422. The Morgan fingerprint density at radius 3 is 3.00 bits per heavy atom. The van der Waals surface area contributed by atoms with Gasteiger partial charge in [0.1, 0.15) is 5.02 Å². The zero-order valence-electron chi connectivity index (χ0n) is 9.08. The van der Waals surface area contributed by atoms with E-state index in [1.807, 2.05) is 6.92 Å². The van der Waals surface area contributed by atoms with E-state index in [0.29, 0.717) is 6.54 Å². The van der Waals surface area contributed by atoms with Gasteiger partial charge in [0.25, 0.3) is 5.56 Å². The highest BCUT2D eigenvalue weighted by Crippen LogP contribution is 2.15. The van der Waals surface area contributed by atoms with Crippen molar-refractivity contribution in [1.82, 2.24) is 15.3 Å². The molecule has 6 nitrogen and oxygen atoms in total. The van der Waals surface area contributed by atoms with Gasteiger partial charge >= 0.3 is 0 Å². The van der Waals surface area contributed by atoms with Gasteiger partial charge < -0.3 is 15.2 Å². The first-order valence-electron chi connectivity index (χ1n) is 4.77. The summed E-state index contributed by atoms with van der Waals surface area (Å²) in [5, 5.41) is 2.62. The van der Waals surface area contributed by atoms with Crippen molar-refractivity contribution in [1.29, 1.82) is 0 Å². The third-order valence-electron chi connectivity index (χ3n) is 1.89. The molecule has 1 aromatic rings. The topological polar surface area (TPSA) is 78.1 Å². The number of amides is 1. The molecule has 2 N–H and O–H groups in total. The van der Waals surface area contributed by atoms with Gasteiger partial charge in [-0.3, -0.25) is 9.59 Å². The lowest BCUT2D eigenvalue weighted by Crippen LogP contribution is -2.36. The van der Waals surface area contributed by atoms with E-state index in [-0.39, 0.29) is 23.3 Å². The molecule has 0 aliphatic heterocycles. The Hall–Kier alpha value is -1.56. The summed E-state index contributed by atoms with van der Waals surface area (Å²) in [5.41, 5.74) is -0.422. The van der Waals surface area contributed by atoms with E-state index < -0.39 is 5.56 Å². The molecule has 16 heavy (non-hydrogen) atoms.